The highest BCUT2D eigenvalue weighted by Gasteiger charge is 2.27. The van der Waals surface area contributed by atoms with Gasteiger partial charge in [0.15, 0.2) is 5.96 Å². The smallest absolute Gasteiger partial charge is 0.191 e. The number of guanidine groups is 1. The average molecular weight is 332 g/mol. The van der Waals surface area contributed by atoms with Crippen molar-refractivity contribution < 1.29 is 9.47 Å². The first kappa shape index (κ1) is 17.0. The van der Waals surface area contributed by atoms with Gasteiger partial charge in [0, 0.05) is 32.7 Å². The number of nitrogens with zero attached hydrogens (tertiary/aromatic N) is 3. The predicted molar refractivity (Wildman–Crippen MR) is 95.3 cm³/mol. The van der Waals surface area contributed by atoms with Crippen LogP contribution in [0.1, 0.15) is 18.4 Å². The molecule has 1 aromatic carbocycles. The molecule has 1 aromatic rings. The summed E-state index contributed by atoms with van der Waals surface area (Å²) in [5.74, 6) is 1.52. The topological polar surface area (TPSA) is 63.3 Å². The summed E-state index contributed by atoms with van der Waals surface area (Å²) in [6.07, 6.45) is 2.44. The number of benzene rings is 1. The highest BCUT2D eigenvalue weighted by molar-refractivity contribution is 5.78. The zero-order valence-electron chi connectivity index (χ0n) is 14.5. The second-order valence-electron chi connectivity index (χ2n) is 6.47. The molecule has 1 aliphatic carbocycles. The Kier molecular flexibility index (Phi) is 5.93. The van der Waals surface area contributed by atoms with Crippen molar-refractivity contribution in [2.45, 2.75) is 25.4 Å². The van der Waals surface area contributed by atoms with E-state index in [2.05, 4.69) is 20.9 Å². The van der Waals surface area contributed by atoms with E-state index in [4.69, 9.17) is 15.2 Å². The minimum absolute atomic E-state index is 0.587. The molecule has 2 fully saturated rings. The van der Waals surface area contributed by atoms with Crippen molar-refractivity contribution >= 4 is 5.96 Å². The van der Waals surface area contributed by atoms with E-state index in [0.29, 0.717) is 25.2 Å². The maximum atomic E-state index is 6.04. The first-order valence-corrected chi connectivity index (χ1v) is 8.77. The normalized spacial score (nSPS) is 19.3. The van der Waals surface area contributed by atoms with Crippen LogP contribution in [0.5, 0.6) is 5.75 Å². The van der Waals surface area contributed by atoms with Crippen LogP contribution in [0, 0.1) is 0 Å². The highest BCUT2D eigenvalue weighted by atomic mass is 16.5. The number of hydrogen-bond acceptors (Lipinski definition) is 4. The summed E-state index contributed by atoms with van der Waals surface area (Å²) in [7, 11) is 2.02. The van der Waals surface area contributed by atoms with Crippen molar-refractivity contribution in [3.8, 4) is 5.75 Å². The van der Waals surface area contributed by atoms with Crippen LogP contribution < -0.4 is 10.5 Å². The van der Waals surface area contributed by atoms with Crippen molar-refractivity contribution in [3.63, 3.8) is 0 Å². The first-order chi connectivity index (χ1) is 11.7. The van der Waals surface area contributed by atoms with Gasteiger partial charge >= 0.3 is 0 Å². The van der Waals surface area contributed by atoms with Crippen molar-refractivity contribution in [2.75, 3.05) is 46.5 Å². The summed E-state index contributed by atoms with van der Waals surface area (Å²) < 4.78 is 11.2. The molecule has 0 unspecified atom stereocenters. The molecule has 0 atom stereocenters. The lowest BCUT2D eigenvalue weighted by Gasteiger charge is -2.26. The summed E-state index contributed by atoms with van der Waals surface area (Å²) in [5.41, 5.74) is 7.15. The lowest BCUT2D eigenvalue weighted by atomic mass is 10.2. The summed E-state index contributed by atoms with van der Waals surface area (Å²) >= 11 is 0. The van der Waals surface area contributed by atoms with Gasteiger partial charge in [-0.2, -0.15) is 0 Å². The van der Waals surface area contributed by atoms with Crippen LogP contribution >= 0.6 is 0 Å². The van der Waals surface area contributed by atoms with Crippen molar-refractivity contribution in [1.29, 1.82) is 0 Å². The van der Waals surface area contributed by atoms with E-state index in [0.717, 1.165) is 44.2 Å². The zero-order chi connectivity index (χ0) is 16.8. The molecule has 1 saturated carbocycles. The van der Waals surface area contributed by atoms with Gasteiger partial charge < -0.3 is 20.1 Å². The van der Waals surface area contributed by atoms with Gasteiger partial charge in [0.05, 0.1) is 19.8 Å². The third-order valence-electron chi connectivity index (χ3n) is 4.56. The predicted octanol–water partition coefficient (Wildman–Crippen LogP) is 1.31. The van der Waals surface area contributed by atoms with Gasteiger partial charge in [0.1, 0.15) is 12.4 Å². The van der Waals surface area contributed by atoms with E-state index < -0.39 is 0 Å². The molecule has 3 rings (SSSR count). The summed E-state index contributed by atoms with van der Waals surface area (Å²) in [4.78, 5) is 8.93. The van der Waals surface area contributed by atoms with E-state index in [9.17, 15) is 0 Å². The Morgan fingerprint density at radius 3 is 2.92 bits per heavy atom. The summed E-state index contributed by atoms with van der Waals surface area (Å²) in [6, 6.07) is 8.70. The second-order valence-corrected chi connectivity index (χ2v) is 6.47. The third-order valence-corrected chi connectivity index (χ3v) is 4.56. The molecule has 1 heterocycles. The second kappa shape index (κ2) is 8.35. The molecular weight excluding hydrogens is 304 g/mol. The molecule has 6 heteroatoms. The van der Waals surface area contributed by atoms with E-state index >= 15 is 0 Å². The number of hydrogen-bond donors (Lipinski definition) is 1. The van der Waals surface area contributed by atoms with Gasteiger partial charge in [0.25, 0.3) is 0 Å². The van der Waals surface area contributed by atoms with E-state index in [1.165, 1.54) is 12.8 Å². The number of morpholine rings is 1. The van der Waals surface area contributed by atoms with Crippen LogP contribution in [0.15, 0.2) is 29.3 Å². The monoisotopic (exact) mass is 332 g/mol. The fourth-order valence-corrected chi connectivity index (χ4v) is 2.78. The average Bonchev–Trinajstić information content (AvgIpc) is 3.45. The molecule has 2 N–H and O–H groups in total. The summed E-state index contributed by atoms with van der Waals surface area (Å²) in [6.45, 7) is 5.85. The number of ether oxygens (including phenoxy) is 2. The Morgan fingerprint density at radius 1 is 1.38 bits per heavy atom. The lowest BCUT2D eigenvalue weighted by Crippen LogP contribution is -2.38. The molecular formula is C18H28N4O2. The van der Waals surface area contributed by atoms with Gasteiger partial charge in [-0.1, -0.05) is 12.1 Å². The van der Waals surface area contributed by atoms with Gasteiger partial charge in [-0.05, 0) is 30.5 Å². The number of rotatable bonds is 7. The van der Waals surface area contributed by atoms with E-state index in [-0.39, 0.29) is 0 Å². The molecule has 6 nitrogen and oxygen atoms in total. The Hall–Kier alpha value is -1.79. The quantitative estimate of drug-likeness (QED) is 0.602. The van der Waals surface area contributed by atoms with Crippen LogP contribution in [0.25, 0.3) is 0 Å². The molecule has 0 radical (unpaired) electrons. The Labute approximate surface area is 144 Å². The summed E-state index contributed by atoms with van der Waals surface area (Å²) in [5, 5.41) is 0. The molecule has 132 valence electrons. The van der Waals surface area contributed by atoms with Crippen molar-refractivity contribution in [3.05, 3.63) is 29.8 Å². The Morgan fingerprint density at radius 2 is 2.17 bits per heavy atom. The van der Waals surface area contributed by atoms with Gasteiger partial charge in [0.2, 0.25) is 0 Å². The van der Waals surface area contributed by atoms with Crippen LogP contribution in [0.3, 0.4) is 0 Å². The van der Waals surface area contributed by atoms with Crippen molar-refractivity contribution in [1.82, 2.24) is 9.80 Å². The highest BCUT2D eigenvalue weighted by Crippen LogP contribution is 2.25. The van der Waals surface area contributed by atoms with Crippen molar-refractivity contribution in [2.24, 2.45) is 10.7 Å². The van der Waals surface area contributed by atoms with Crippen LogP contribution in [-0.2, 0) is 11.3 Å². The molecule has 0 aromatic heterocycles. The minimum atomic E-state index is 0.587. The van der Waals surface area contributed by atoms with Crippen LogP contribution in [0.2, 0.25) is 0 Å². The fourth-order valence-electron chi connectivity index (χ4n) is 2.78. The standard InChI is InChI=1S/C18H28N4O2/c1-21(16-5-6-16)18(19)20-14-15-3-2-4-17(13-15)24-12-9-22-7-10-23-11-8-22/h2-4,13,16H,5-12,14H2,1H3,(H2,19,20). The van der Waals surface area contributed by atoms with E-state index in [1.54, 1.807) is 0 Å². The molecule has 1 aliphatic heterocycles. The molecule has 0 bridgehead atoms. The van der Waals surface area contributed by atoms with Crippen LogP contribution in [0.4, 0.5) is 0 Å². The maximum absolute atomic E-state index is 6.04. The largest absolute Gasteiger partial charge is 0.492 e. The SMILES string of the molecule is CN(C(N)=NCc1cccc(OCCN2CCOCC2)c1)C1CC1. The Bertz CT molecular complexity index is 554. The third kappa shape index (κ3) is 5.11. The molecule has 0 spiro atoms. The molecule has 0 amide bonds. The first-order valence-electron chi connectivity index (χ1n) is 8.77. The van der Waals surface area contributed by atoms with Gasteiger partial charge in [-0.3, -0.25) is 4.90 Å². The zero-order valence-corrected chi connectivity index (χ0v) is 14.5. The molecule has 1 saturated heterocycles. The van der Waals surface area contributed by atoms with Gasteiger partial charge in [-0.15, -0.1) is 0 Å². The number of aliphatic imine (C=N–C) groups is 1. The molecule has 24 heavy (non-hydrogen) atoms. The minimum Gasteiger partial charge on any atom is -0.492 e. The van der Waals surface area contributed by atoms with E-state index in [1.807, 2.05) is 25.2 Å². The fraction of sp³-hybridized carbons (Fsp3) is 0.611. The van der Waals surface area contributed by atoms with Gasteiger partial charge in [-0.25, -0.2) is 4.99 Å². The molecule has 2 aliphatic rings. The number of nitrogens with two attached hydrogens (primary N) is 1. The Balaban J connectivity index is 1.45. The van der Waals surface area contributed by atoms with Crippen LogP contribution in [-0.4, -0.2) is 68.3 Å². The maximum Gasteiger partial charge on any atom is 0.191 e. The lowest BCUT2D eigenvalue weighted by molar-refractivity contribution is 0.0322.